The second kappa shape index (κ2) is 6.31. The van der Waals surface area contributed by atoms with Crippen LogP contribution in [0.4, 0.5) is 5.69 Å². The van der Waals surface area contributed by atoms with Gasteiger partial charge in [-0.1, -0.05) is 34.8 Å². The number of hydrogen-bond acceptors (Lipinski definition) is 3. The summed E-state index contributed by atoms with van der Waals surface area (Å²) in [5.41, 5.74) is 0.886. The van der Waals surface area contributed by atoms with E-state index in [4.69, 9.17) is 39.5 Å². The van der Waals surface area contributed by atoms with Crippen LogP contribution in [0, 0.1) is 0 Å². The molecule has 0 aromatic heterocycles. The number of halogens is 3. The third-order valence-electron chi connectivity index (χ3n) is 1.97. The van der Waals surface area contributed by atoms with Crippen LogP contribution in [0.1, 0.15) is 0 Å². The fraction of sp³-hybridized carbons (Fsp3) is 0.400. The molecule has 0 spiro atoms. The molecule has 96 valence electrons. The smallest absolute Gasteiger partial charge is 0.241 e. The number of rotatable bonds is 4. The highest BCUT2D eigenvalue weighted by Crippen LogP contribution is 2.58. The molecule has 1 unspecified atom stereocenters. The molecule has 1 rings (SSSR count). The lowest BCUT2D eigenvalue weighted by molar-refractivity contribution is 0.415. The molecule has 1 aromatic carbocycles. The van der Waals surface area contributed by atoms with E-state index in [1.807, 2.05) is 43.0 Å². The molecule has 0 saturated heterocycles. The third-order valence-corrected chi connectivity index (χ3v) is 5.16. The van der Waals surface area contributed by atoms with Gasteiger partial charge in [0.05, 0.1) is 7.11 Å². The van der Waals surface area contributed by atoms with Crippen molar-refractivity contribution in [2.45, 2.75) is 3.53 Å². The molecular weight excluding hydrogens is 301 g/mol. The van der Waals surface area contributed by atoms with Crippen LogP contribution in [-0.2, 0) is 0 Å². The van der Waals surface area contributed by atoms with Crippen LogP contribution < -0.4 is 9.82 Å². The fourth-order valence-corrected chi connectivity index (χ4v) is 4.09. The monoisotopic (exact) mass is 314 g/mol. The van der Waals surface area contributed by atoms with Gasteiger partial charge < -0.3 is 9.82 Å². The quantitative estimate of drug-likeness (QED) is 0.662. The Morgan fingerprint density at radius 2 is 1.71 bits per heavy atom. The summed E-state index contributed by atoms with van der Waals surface area (Å²) in [6.07, 6.45) is 0. The van der Waals surface area contributed by atoms with Crippen LogP contribution in [-0.4, -0.2) is 29.4 Å². The van der Waals surface area contributed by atoms with E-state index in [1.165, 1.54) is 0 Å². The van der Waals surface area contributed by atoms with E-state index < -0.39 is 11.8 Å². The summed E-state index contributed by atoms with van der Waals surface area (Å²) in [5, 5.41) is 3.21. The predicted molar refractivity (Wildman–Crippen MR) is 77.5 cm³/mol. The van der Waals surface area contributed by atoms with Crippen LogP contribution in [0.3, 0.4) is 0 Å². The molecule has 17 heavy (non-hydrogen) atoms. The predicted octanol–water partition coefficient (Wildman–Crippen LogP) is 4.31. The molecule has 0 fully saturated rings. The summed E-state index contributed by atoms with van der Waals surface area (Å²) in [7, 11) is 4.24. The molecule has 0 bridgehead atoms. The molecule has 0 amide bonds. The number of nitrogens with zero attached hydrogens (tertiary/aromatic N) is 1. The van der Waals surface area contributed by atoms with Crippen LogP contribution in [0.25, 0.3) is 0 Å². The fourth-order valence-electron chi connectivity index (χ4n) is 1.18. The maximum absolute atomic E-state index is 5.93. The number of hydrogen-bond donors (Lipinski definition) is 1. The highest BCUT2D eigenvalue weighted by Gasteiger charge is 2.35. The Bertz CT molecular complexity index is 354. The standard InChI is InChI=1S/C10H14Cl3N2OP/c1-15(2)17(10(11,12)13)14-8-4-6-9(16-3)7-5-8/h4-7,14H,1-3H3. The summed E-state index contributed by atoms with van der Waals surface area (Å²) in [6.45, 7) is 0. The van der Waals surface area contributed by atoms with Crippen molar-refractivity contribution in [2.75, 3.05) is 26.3 Å². The first-order valence-electron chi connectivity index (χ1n) is 4.79. The number of methoxy groups -OCH3 is 1. The number of alkyl halides is 3. The van der Waals surface area contributed by atoms with Crippen molar-refractivity contribution in [1.82, 2.24) is 4.67 Å². The van der Waals surface area contributed by atoms with Crippen molar-refractivity contribution in [1.29, 1.82) is 0 Å². The van der Waals surface area contributed by atoms with Gasteiger partial charge in [0.25, 0.3) is 0 Å². The molecule has 0 heterocycles. The largest absolute Gasteiger partial charge is 0.497 e. The summed E-state index contributed by atoms with van der Waals surface area (Å²) >= 11 is 17.8. The van der Waals surface area contributed by atoms with E-state index in [2.05, 4.69) is 5.09 Å². The van der Waals surface area contributed by atoms with Crippen LogP contribution in [0.15, 0.2) is 24.3 Å². The van der Waals surface area contributed by atoms with Crippen LogP contribution in [0.2, 0.25) is 0 Å². The van der Waals surface area contributed by atoms with Gasteiger partial charge in [0.15, 0.2) is 0 Å². The second-order valence-corrected chi connectivity index (χ2v) is 8.86. The third kappa shape index (κ3) is 4.69. The summed E-state index contributed by atoms with van der Waals surface area (Å²) in [4.78, 5) is 0. The minimum absolute atomic E-state index is 0.790. The Kier molecular flexibility index (Phi) is 5.62. The van der Waals surface area contributed by atoms with Crippen molar-refractivity contribution in [3.8, 4) is 5.75 Å². The molecule has 0 aliphatic heterocycles. The Hall–Kier alpha value is 0.0800. The van der Waals surface area contributed by atoms with E-state index in [0.717, 1.165) is 11.4 Å². The van der Waals surface area contributed by atoms with Gasteiger partial charge in [0.2, 0.25) is 3.53 Å². The Morgan fingerprint density at radius 1 is 1.18 bits per heavy atom. The average Bonchev–Trinajstić information content (AvgIpc) is 2.24. The first kappa shape index (κ1) is 15.1. The molecule has 1 atom stereocenters. The van der Waals surface area contributed by atoms with E-state index in [-0.39, 0.29) is 0 Å². The van der Waals surface area contributed by atoms with Gasteiger partial charge in [-0.3, -0.25) is 4.67 Å². The molecule has 0 aliphatic rings. The number of nitrogens with one attached hydrogen (secondary N) is 1. The lowest BCUT2D eigenvalue weighted by atomic mass is 10.3. The summed E-state index contributed by atoms with van der Waals surface area (Å²) in [6, 6.07) is 7.47. The van der Waals surface area contributed by atoms with Gasteiger partial charge in [0, 0.05) is 5.69 Å². The molecule has 1 N–H and O–H groups in total. The second-order valence-electron chi connectivity index (χ2n) is 3.47. The van der Waals surface area contributed by atoms with Gasteiger partial charge in [-0.15, -0.1) is 0 Å². The first-order chi connectivity index (χ1) is 7.84. The highest BCUT2D eigenvalue weighted by atomic mass is 35.6. The molecule has 3 nitrogen and oxygen atoms in total. The Morgan fingerprint density at radius 3 is 2.06 bits per heavy atom. The summed E-state index contributed by atoms with van der Waals surface area (Å²) < 4.78 is 5.60. The van der Waals surface area contributed by atoms with E-state index in [1.54, 1.807) is 7.11 Å². The minimum atomic E-state index is -1.35. The maximum atomic E-state index is 5.93. The van der Waals surface area contributed by atoms with Crippen molar-refractivity contribution >= 4 is 48.7 Å². The first-order valence-corrected chi connectivity index (χ1v) is 7.22. The van der Waals surface area contributed by atoms with E-state index >= 15 is 0 Å². The van der Waals surface area contributed by atoms with Gasteiger partial charge in [-0.2, -0.15) is 0 Å². The number of ether oxygens (including phenoxy) is 1. The molecule has 0 radical (unpaired) electrons. The highest BCUT2D eigenvalue weighted by molar-refractivity contribution is 7.65. The lowest BCUT2D eigenvalue weighted by Crippen LogP contribution is -2.19. The van der Waals surface area contributed by atoms with Gasteiger partial charge in [0.1, 0.15) is 14.0 Å². The van der Waals surface area contributed by atoms with Crippen molar-refractivity contribution < 1.29 is 4.74 Å². The van der Waals surface area contributed by atoms with Crippen LogP contribution in [0.5, 0.6) is 5.75 Å². The van der Waals surface area contributed by atoms with Gasteiger partial charge >= 0.3 is 0 Å². The zero-order chi connectivity index (χ0) is 13.1. The zero-order valence-corrected chi connectivity index (χ0v) is 12.9. The van der Waals surface area contributed by atoms with Crippen LogP contribution >= 0.6 is 43.0 Å². The normalized spacial score (nSPS) is 13.6. The van der Waals surface area contributed by atoms with E-state index in [0.29, 0.717) is 0 Å². The van der Waals surface area contributed by atoms with Crippen molar-refractivity contribution in [3.05, 3.63) is 24.3 Å². The van der Waals surface area contributed by atoms with Crippen molar-refractivity contribution in [2.24, 2.45) is 0 Å². The molecular formula is C10H14Cl3N2OP. The van der Waals surface area contributed by atoms with Gasteiger partial charge in [-0.05, 0) is 38.4 Å². The SMILES string of the molecule is COc1ccc(NP(N(C)C)C(Cl)(Cl)Cl)cc1. The maximum Gasteiger partial charge on any atom is 0.241 e. The van der Waals surface area contributed by atoms with E-state index in [9.17, 15) is 0 Å². The number of benzene rings is 1. The molecule has 7 heteroatoms. The Balaban J connectivity index is 2.79. The summed E-state index contributed by atoms with van der Waals surface area (Å²) in [5.74, 6) is 0.790. The lowest BCUT2D eigenvalue weighted by Gasteiger charge is -2.31. The molecule has 0 aliphatic carbocycles. The molecule has 1 aromatic rings. The Labute approximate surface area is 118 Å². The minimum Gasteiger partial charge on any atom is -0.497 e. The topological polar surface area (TPSA) is 24.5 Å². The average molecular weight is 316 g/mol. The number of anilines is 1. The van der Waals surface area contributed by atoms with Crippen molar-refractivity contribution in [3.63, 3.8) is 0 Å². The molecule has 0 saturated carbocycles. The van der Waals surface area contributed by atoms with Gasteiger partial charge in [-0.25, -0.2) is 0 Å². The zero-order valence-electron chi connectivity index (χ0n) is 9.75.